The van der Waals surface area contributed by atoms with Crippen molar-refractivity contribution in [3.63, 3.8) is 0 Å². The fourth-order valence-electron chi connectivity index (χ4n) is 2.72. The maximum absolute atomic E-state index is 6.10. The van der Waals surface area contributed by atoms with Gasteiger partial charge in [-0.15, -0.1) is 5.10 Å². The number of nitrogens with zero attached hydrogens (tertiary/aromatic N) is 4. The van der Waals surface area contributed by atoms with Crippen molar-refractivity contribution >= 4 is 27.5 Å². The molecule has 0 bridgehead atoms. The van der Waals surface area contributed by atoms with Gasteiger partial charge in [-0.2, -0.15) is 4.98 Å². The molecule has 3 rings (SSSR count). The van der Waals surface area contributed by atoms with Crippen molar-refractivity contribution in [3.05, 3.63) is 22.8 Å². The topological polar surface area (TPSA) is 59.5 Å². The Balaban J connectivity index is 1.97. The summed E-state index contributed by atoms with van der Waals surface area (Å²) < 4.78 is 2.81. The quantitative estimate of drug-likeness (QED) is 0.920. The van der Waals surface area contributed by atoms with Gasteiger partial charge in [-0.1, -0.05) is 0 Å². The lowest BCUT2D eigenvalue weighted by Gasteiger charge is -2.37. The summed E-state index contributed by atoms with van der Waals surface area (Å²) in [4.78, 5) is 6.87. The van der Waals surface area contributed by atoms with E-state index in [0.717, 1.165) is 29.0 Å². The summed E-state index contributed by atoms with van der Waals surface area (Å²) >= 11 is 3.45. The van der Waals surface area contributed by atoms with Gasteiger partial charge in [0.25, 0.3) is 0 Å². The fourth-order valence-corrected chi connectivity index (χ4v) is 3.05. The van der Waals surface area contributed by atoms with E-state index in [1.807, 2.05) is 22.8 Å². The van der Waals surface area contributed by atoms with Crippen molar-refractivity contribution in [3.8, 4) is 0 Å². The van der Waals surface area contributed by atoms with Crippen molar-refractivity contribution in [2.45, 2.75) is 38.3 Å². The van der Waals surface area contributed by atoms with Gasteiger partial charge in [0.05, 0.1) is 0 Å². The van der Waals surface area contributed by atoms with E-state index >= 15 is 0 Å². The summed E-state index contributed by atoms with van der Waals surface area (Å²) in [5, 5.41) is 4.58. The van der Waals surface area contributed by atoms with E-state index in [0.29, 0.717) is 6.04 Å². The highest BCUT2D eigenvalue weighted by molar-refractivity contribution is 9.10. The predicted molar refractivity (Wildman–Crippen MR) is 79.3 cm³/mol. The fraction of sp³-hybridized carbons (Fsp3) is 0.538. The van der Waals surface area contributed by atoms with E-state index in [2.05, 4.69) is 37.8 Å². The van der Waals surface area contributed by atoms with Crippen LogP contribution in [0.4, 0.5) is 5.95 Å². The number of pyridine rings is 1. The average Bonchev–Trinajstić information content (AvgIpc) is 2.81. The lowest BCUT2D eigenvalue weighted by Crippen LogP contribution is -2.49. The third kappa shape index (κ3) is 2.47. The summed E-state index contributed by atoms with van der Waals surface area (Å²) in [7, 11) is 0. The van der Waals surface area contributed by atoms with Crippen LogP contribution in [0.5, 0.6) is 0 Å². The standard InChI is InChI=1S/C13H18BrN5/c1-9(15)11-4-2-3-7-18(11)13-16-12-6-5-10(14)8-19(12)17-13/h5-6,8-9,11H,2-4,7,15H2,1H3. The molecule has 2 unspecified atom stereocenters. The molecule has 2 atom stereocenters. The number of fused-ring (bicyclic) bond motifs is 1. The number of hydrogen-bond donors (Lipinski definition) is 1. The van der Waals surface area contributed by atoms with Gasteiger partial charge in [0.15, 0.2) is 5.65 Å². The molecule has 0 aliphatic carbocycles. The zero-order valence-electron chi connectivity index (χ0n) is 11.0. The lowest BCUT2D eigenvalue weighted by atomic mass is 9.97. The molecule has 6 heteroatoms. The smallest absolute Gasteiger partial charge is 0.245 e. The average molecular weight is 324 g/mol. The summed E-state index contributed by atoms with van der Waals surface area (Å²) in [6, 6.07) is 4.42. The van der Waals surface area contributed by atoms with Gasteiger partial charge < -0.3 is 10.6 Å². The van der Waals surface area contributed by atoms with Gasteiger partial charge in [-0.25, -0.2) is 4.52 Å². The molecule has 0 aromatic carbocycles. The van der Waals surface area contributed by atoms with E-state index in [1.165, 1.54) is 12.8 Å². The molecule has 2 N–H and O–H groups in total. The van der Waals surface area contributed by atoms with Crippen LogP contribution in [-0.2, 0) is 0 Å². The van der Waals surface area contributed by atoms with Gasteiger partial charge in [0.1, 0.15) is 0 Å². The molecule has 1 saturated heterocycles. The molecule has 1 aliphatic rings. The van der Waals surface area contributed by atoms with Crippen LogP contribution in [0.3, 0.4) is 0 Å². The van der Waals surface area contributed by atoms with Gasteiger partial charge in [-0.3, -0.25) is 0 Å². The number of rotatable bonds is 2. The van der Waals surface area contributed by atoms with E-state index in [4.69, 9.17) is 5.73 Å². The SMILES string of the molecule is CC(N)C1CCCCN1c1nc2ccc(Br)cn2n1. The molecular weight excluding hydrogens is 306 g/mol. The number of aromatic nitrogens is 3. The molecule has 3 heterocycles. The van der Waals surface area contributed by atoms with Gasteiger partial charge in [0, 0.05) is 29.3 Å². The molecule has 19 heavy (non-hydrogen) atoms. The summed E-state index contributed by atoms with van der Waals surface area (Å²) in [5.74, 6) is 0.792. The molecule has 5 nitrogen and oxygen atoms in total. The zero-order chi connectivity index (χ0) is 13.4. The first-order chi connectivity index (χ1) is 9.15. The van der Waals surface area contributed by atoms with Crippen LogP contribution in [0.25, 0.3) is 5.65 Å². The van der Waals surface area contributed by atoms with Crippen LogP contribution in [0.2, 0.25) is 0 Å². The molecular formula is C13H18BrN5. The lowest BCUT2D eigenvalue weighted by molar-refractivity contribution is 0.408. The monoisotopic (exact) mass is 323 g/mol. The Kier molecular flexibility index (Phi) is 3.45. The normalized spacial score (nSPS) is 21.8. The molecule has 2 aromatic heterocycles. The van der Waals surface area contributed by atoms with Crippen LogP contribution >= 0.6 is 15.9 Å². The highest BCUT2D eigenvalue weighted by Crippen LogP contribution is 2.24. The Morgan fingerprint density at radius 2 is 2.26 bits per heavy atom. The van der Waals surface area contributed by atoms with Crippen molar-refractivity contribution < 1.29 is 0 Å². The highest BCUT2D eigenvalue weighted by Gasteiger charge is 2.28. The second-order valence-electron chi connectivity index (χ2n) is 5.18. The second-order valence-corrected chi connectivity index (χ2v) is 6.09. The first-order valence-electron chi connectivity index (χ1n) is 6.69. The van der Waals surface area contributed by atoms with Crippen molar-refractivity contribution in [2.75, 3.05) is 11.4 Å². The van der Waals surface area contributed by atoms with E-state index in [9.17, 15) is 0 Å². The van der Waals surface area contributed by atoms with Crippen LogP contribution < -0.4 is 10.6 Å². The Morgan fingerprint density at radius 3 is 3.05 bits per heavy atom. The minimum absolute atomic E-state index is 0.138. The first kappa shape index (κ1) is 12.9. The maximum Gasteiger partial charge on any atom is 0.245 e. The molecule has 0 radical (unpaired) electrons. The van der Waals surface area contributed by atoms with E-state index in [1.54, 1.807) is 0 Å². The zero-order valence-corrected chi connectivity index (χ0v) is 12.5. The Labute approximate surface area is 120 Å². The van der Waals surface area contributed by atoms with Crippen LogP contribution in [-0.4, -0.2) is 33.2 Å². The second kappa shape index (κ2) is 5.09. The third-order valence-corrected chi connectivity index (χ3v) is 4.17. The number of anilines is 1. The largest absolute Gasteiger partial charge is 0.335 e. The minimum Gasteiger partial charge on any atom is -0.335 e. The molecule has 0 saturated carbocycles. The minimum atomic E-state index is 0.138. The number of hydrogen-bond acceptors (Lipinski definition) is 4. The molecule has 2 aromatic rings. The number of piperidine rings is 1. The van der Waals surface area contributed by atoms with Gasteiger partial charge in [0.2, 0.25) is 5.95 Å². The summed E-state index contributed by atoms with van der Waals surface area (Å²) in [5.41, 5.74) is 6.97. The number of nitrogens with two attached hydrogens (primary N) is 1. The highest BCUT2D eigenvalue weighted by atomic mass is 79.9. The van der Waals surface area contributed by atoms with Crippen molar-refractivity contribution in [1.82, 2.24) is 14.6 Å². The molecule has 0 amide bonds. The van der Waals surface area contributed by atoms with Gasteiger partial charge in [-0.05, 0) is 54.2 Å². The summed E-state index contributed by atoms with van der Waals surface area (Å²) in [6.07, 6.45) is 5.47. The Hall–Kier alpha value is -1.14. The molecule has 0 spiro atoms. The molecule has 102 valence electrons. The number of halogens is 1. The van der Waals surface area contributed by atoms with Crippen molar-refractivity contribution in [2.24, 2.45) is 5.73 Å². The predicted octanol–water partition coefficient (Wildman–Crippen LogP) is 2.20. The van der Waals surface area contributed by atoms with Crippen LogP contribution in [0.15, 0.2) is 22.8 Å². The first-order valence-corrected chi connectivity index (χ1v) is 7.48. The maximum atomic E-state index is 6.10. The van der Waals surface area contributed by atoms with Crippen molar-refractivity contribution in [1.29, 1.82) is 0 Å². The van der Waals surface area contributed by atoms with E-state index < -0.39 is 0 Å². The Bertz CT molecular complexity index is 579. The van der Waals surface area contributed by atoms with Gasteiger partial charge >= 0.3 is 0 Å². The van der Waals surface area contributed by atoms with Crippen LogP contribution in [0, 0.1) is 0 Å². The Morgan fingerprint density at radius 1 is 1.42 bits per heavy atom. The summed E-state index contributed by atoms with van der Waals surface area (Å²) in [6.45, 7) is 3.06. The molecule has 1 aliphatic heterocycles. The van der Waals surface area contributed by atoms with E-state index in [-0.39, 0.29) is 6.04 Å². The van der Waals surface area contributed by atoms with Crippen LogP contribution in [0.1, 0.15) is 26.2 Å². The molecule has 1 fully saturated rings. The third-order valence-electron chi connectivity index (χ3n) is 3.70.